The van der Waals surface area contributed by atoms with Gasteiger partial charge in [-0.05, 0) is 36.8 Å². The molecule has 0 spiro atoms. The highest BCUT2D eigenvalue weighted by atomic mass is 19.1. The maximum atomic E-state index is 12.1. The molecule has 17 heavy (non-hydrogen) atoms. The van der Waals surface area contributed by atoms with Gasteiger partial charge in [0.2, 0.25) is 0 Å². The molecule has 0 amide bonds. The largest absolute Gasteiger partial charge is 0.457 e. The van der Waals surface area contributed by atoms with Crippen molar-refractivity contribution in [2.24, 2.45) is 0 Å². The number of rotatable bonds is 4. The lowest BCUT2D eigenvalue weighted by Gasteiger charge is -2.06. The van der Waals surface area contributed by atoms with E-state index >= 15 is 0 Å². The Hall–Kier alpha value is -1.83. The molecule has 0 saturated heterocycles. The standard InChI is InChI=1S/C15H15FO/c1-12-2-6-14(7-3-12)17-15-8-4-13(5-9-15)10-11-16/h2-9H,10-11H2,1H3. The van der Waals surface area contributed by atoms with Crippen molar-refractivity contribution in [3.8, 4) is 11.5 Å². The SMILES string of the molecule is Cc1ccc(Oc2ccc(CCF)cc2)cc1. The van der Waals surface area contributed by atoms with Crippen molar-refractivity contribution < 1.29 is 9.13 Å². The summed E-state index contributed by atoms with van der Waals surface area (Å²) in [5, 5.41) is 0. The molecule has 0 atom stereocenters. The molecule has 0 N–H and O–H groups in total. The van der Waals surface area contributed by atoms with Crippen LogP contribution in [0.15, 0.2) is 48.5 Å². The van der Waals surface area contributed by atoms with Crippen LogP contribution in [0.1, 0.15) is 11.1 Å². The summed E-state index contributed by atoms with van der Waals surface area (Å²) in [6.45, 7) is 1.72. The summed E-state index contributed by atoms with van der Waals surface area (Å²) >= 11 is 0. The van der Waals surface area contributed by atoms with E-state index in [2.05, 4.69) is 0 Å². The molecule has 2 aromatic carbocycles. The Morgan fingerprint density at radius 2 is 1.41 bits per heavy atom. The van der Waals surface area contributed by atoms with Gasteiger partial charge in [0.15, 0.2) is 0 Å². The molecule has 2 aromatic rings. The van der Waals surface area contributed by atoms with E-state index in [1.165, 1.54) is 5.56 Å². The van der Waals surface area contributed by atoms with Gasteiger partial charge in [-0.3, -0.25) is 4.39 Å². The quantitative estimate of drug-likeness (QED) is 0.761. The van der Waals surface area contributed by atoms with Gasteiger partial charge < -0.3 is 4.74 Å². The molecule has 0 saturated carbocycles. The summed E-state index contributed by atoms with van der Waals surface area (Å²) in [4.78, 5) is 0. The summed E-state index contributed by atoms with van der Waals surface area (Å²) in [5.41, 5.74) is 2.19. The molecule has 0 bridgehead atoms. The van der Waals surface area contributed by atoms with E-state index in [1.54, 1.807) is 0 Å². The highest BCUT2D eigenvalue weighted by Crippen LogP contribution is 2.22. The Morgan fingerprint density at radius 3 is 1.94 bits per heavy atom. The van der Waals surface area contributed by atoms with Crippen LogP contribution >= 0.6 is 0 Å². The van der Waals surface area contributed by atoms with Crippen molar-refractivity contribution in [2.45, 2.75) is 13.3 Å². The normalized spacial score (nSPS) is 10.2. The zero-order valence-corrected chi connectivity index (χ0v) is 9.82. The molecule has 0 unspecified atom stereocenters. The van der Waals surface area contributed by atoms with Gasteiger partial charge >= 0.3 is 0 Å². The van der Waals surface area contributed by atoms with E-state index in [0.29, 0.717) is 6.42 Å². The zero-order chi connectivity index (χ0) is 12.1. The van der Waals surface area contributed by atoms with Gasteiger partial charge in [-0.25, -0.2) is 0 Å². The van der Waals surface area contributed by atoms with Crippen molar-refractivity contribution in [3.63, 3.8) is 0 Å². The molecule has 2 rings (SSSR count). The monoisotopic (exact) mass is 230 g/mol. The molecule has 88 valence electrons. The lowest BCUT2D eigenvalue weighted by molar-refractivity contribution is 0.480. The van der Waals surface area contributed by atoms with Crippen LogP contribution in [0.5, 0.6) is 11.5 Å². The molecule has 0 radical (unpaired) electrons. The third-order valence-corrected chi connectivity index (χ3v) is 2.56. The lowest BCUT2D eigenvalue weighted by Crippen LogP contribution is -1.88. The van der Waals surface area contributed by atoms with Gasteiger partial charge in [0, 0.05) is 6.42 Å². The van der Waals surface area contributed by atoms with Gasteiger partial charge in [-0.15, -0.1) is 0 Å². The predicted molar refractivity (Wildman–Crippen MR) is 67.4 cm³/mol. The lowest BCUT2D eigenvalue weighted by atomic mass is 10.1. The van der Waals surface area contributed by atoms with Crippen LogP contribution in [0.4, 0.5) is 4.39 Å². The van der Waals surface area contributed by atoms with Gasteiger partial charge in [-0.2, -0.15) is 0 Å². The van der Waals surface area contributed by atoms with Crippen LogP contribution in [-0.2, 0) is 6.42 Å². The van der Waals surface area contributed by atoms with Crippen LogP contribution in [0.3, 0.4) is 0 Å². The number of aryl methyl sites for hydroxylation is 2. The Labute approximate surface area is 101 Å². The minimum atomic E-state index is -0.321. The first-order valence-electron chi connectivity index (χ1n) is 5.67. The Morgan fingerprint density at radius 1 is 0.882 bits per heavy atom. The number of halogens is 1. The van der Waals surface area contributed by atoms with Gasteiger partial charge in [0.05, 0.1) is 6.67 Å². The molecule has 0 heterocycles. The van der Waals surface area contributed by atoms with Crippen LogP contribution in [0.25, 0.3) is 0 Å². The van der Waals surface area contributed by atoms with E-state index in [-0.39, 0.29) is 6.67 Å². The summed E-state index contributed by atoms with van der Waals surface area (Å²) in [6, 6.07) is 15.4. The van der Waals surface area contributed by atoms with E-state index in [4.69, 9.17) is 4.74 Å². The van der Waals surface area contributed by atoms with Crippen molar-refractivity contribution >= 4 is 0 Å². The number of hydrogen-bond donors (Lipinski definition) is 0. The smallest absolute Gasteiger partial charge is 0.127 e. The molecule has 2 heteroatoms. The predicted octanol–water partition coefficient (Wildman–Crippen LogP) is 4.30. The maximum absolute atomic E-state index is 12.1. The maximum Gasteiger partial charge on any atom is 0.127 e. The van der Waals surface area contributed by atoms with Crippen molar-refractivity contribution in [1.29, 1.82) is 0 Å². The summed E-state index contributed by atoms with van der Waals surface area (Å²) < 4.78 is 17.8. The third-order valence-electron chi connectivity index (χ3n) is 2.56. The average Bonchev–Trinajstić information content (AvgIpc) is 2.35. The fourth-order valence-electron chi connectivity index (χ4n) is 1.58. The van der Waals surface area contributed by atoms with Crippen molar-refractivity contribution in [1.82, 2.24) is 0 Å². The number of hydrogen-bond acceptors (Lipinski definition) is 1. The van der Waals surface area contributed by atoms with E-state index in [9.17, 15) is 4.39 Å². The third kappa shape index (κ3) is 3.31. The first-order chi connectivity index (χ1) is 8.28. The average molecular weight is 230 g/mol. The van der Waals surface area contributed by atoms with E-state index < -0.39 is 0 Å². The molecule has 0 aromatic heterocycles. The molecular weight excluding hydrogens is 215 g/mol. The van der Waals surface area contributed by atoms with Crippen LogP contribution < -0.4 is 4.74 Å². The highest BCUT2D eigenvalue weighted by molar-refractivity contribution is 5.34. The fourth-order valence-corrected chi connectivity index (χ4v) is 1.58. The van der Waals surface area contributed by atoms with Crippen molar-refractivity contribution in [2.75, 3.05) is 6.67 Å². The van der Waals surface area contributed by atoms with Crippen LogP contribution in [0, 0.1) is 6.92 Å². The van der Waals surface area contributed by atoms with Crippen molar-refractivity contribution in [3.05, 3.63) is 59.7 Å². The summed E-state index contributed by atoms with van der Waals surface area (Å²) in [6.07, 6.45) is 0.463. The Balaban J connectivity index is 2.05. The number of benzene rings is 2. The molecule has 1 nitrogen and oxygen atoms in total. The summed E-state index contributed by atoms with van der Waals surface area (Å²) in [7, 11) is 0. The van der Waals surface area contributed by atoms with Gasteiger partial charge in [0.25, 0.3) is 0 Å². The Bertz CT molecular complexity index is 459. The van der Waals surface area contributed by atoms with Crippen LogP contribution in [-0.4, -0.2) is 6.67 Å². The topological polar surface area (TPSA) is 9.23 Å². The van der Waals surface area contributed by atoms with E-state index in [1.807, 2.05) is 55.5 Å². The fraction of sp³-hybridized carbons (Fsp3) is 0.200. The van der Waals surface area contributed by atoms with Gasteiger partial charge in [0.1, 0.15) is 11.5 Å². The second kappa shape index (κ2) is 5.48. The minimum absolute atomic E-state index is 0.321. The zero-order valence-electron chi connectivity index (χ0n) is 9.82. The number of ether oxygens (including phenoxy) is 1. The van der Waals surface area contributed by atoms with Gasteiger partial charge in [-0.1, -0.05) is 29.8 Å². The Kier molecular flexibility index (Phi) is 3.76. The molecule has 0 aliphatic heterocycles. The molecular formula is C15H15FO. The first kappa shape index (κ1) is 11.6. The first-order valence-corrected chi connectivity index (χ1v) is 5.67. The van der Waals surface area contributed by atoms with E-state index in [0.717, 1.165) is 17.1 Å². The second-order valence-electron chi connectivity index (χ2n) is 4.00. The highest BCUT2D eigenvalue weighted by Gasteiger charge is 1.98. The molecule has 0 aliphatic rings. The summed E-state index contributed by atoms with van der Waals surface area (Å²) in [5.74, 6) is 1.59. The number of alkyl halides is 1. The molecule has 0 aliphatic carbocycles. The minimum Gasteiger partial charge on any atom is -0.457 e. The van der Waals surface area contributed by atoms with Crippen LogP contribution in [0.2, 0.25) is 0 Å². The molecule has 0 fully saturated rings. The second-order valence-corrected chi connectivity index (χ2v) is 4.00.